The fraction of sp³-hybridized carbons (Fsp3) is 0.250. The summed E-state index contributed by atoms with van der Waals surface area (Å²) in [5.41, 5.74) is 7.54. The molecule has 0 bridgehead atoms. The Morgan fingerprint density at radius 1 is 1.24 bits per heavy atom. The van der Waals surface area contributed by atoms with Crippen LogP contribution < -0.4 is 15.2 Å². The van der Waals surface area contributed by atoms with Gasteiger partial charge in [0, 0.05) is 34.7 Å². The molecule has 0 fully saturated rings. The minimum absolute atomic E-state index is 0.209. The molecular formula is C16H15ClFNO2. The van der Waals surface area contributed by atoms with Gasteiger partial charge in [0.2, 0.25) is 0 Å². The molecule has 0 saturated heterocycles. The van der Waals surface area contributed by atoms with Crippen LogP contribution in [0.4, 0.5) is 4.39 Å². The normalized spacial score (nSPS) is 20.6. The summed E-state index contributed by atoms with van der Waals surface area (Å²) in [7, 11) is 1.58. The molecule has 0 saturated carbocycles. The van der Waals surface area contributed by atoms with Gasteiger partial charge in [-0.25, -0.2) is 4.39 Å². The lowest BCUT2D eigenvalue weighted by Crippen LogP contribution is -2.24. The number of hydrogen-bond donors (Lipinski definition) is 1. The van der Waals surface area contributed by atoms with Gasteiger partial charge in [0.25, 0.3) is 0 Å². The van der Waals surface area contributed by atoms with Crippen molar-refractivity contribution < 1.29 is 13.9 Å². The molecule has 2 atom stereocenters. The number of benzene rings is 2. The van der Waals surface area contributed by atoms with E-state index in [1.165, 1.54) is 6.07 Å². The summed E-state index contributed by atoms with van der Waals surface area (Å²) in [6.45, 7) is 0. The Morgan fingerprint density at radius 3 is 2.71 bits per heavy atom. The molecule has 5 heteroatoms. The molecule has 2 aromatic carbocycles. The molecule has 1 aliphatic heterocycles. The molecule has 1 unspecified atom stereocenters. The van der Waals surface area contributed by atoms with Gasteiger partial charge in [0.1, 0.15) is 23.4 Å². The van der Waals surface area contributed by atoms with Crippen LogP contribution in [0.2, 0.25) is 5.02 Å². The highest BCUT2D eigenvalue weighted by molar-refractivity contribution is 6.30. The van der Waals surface area contributed by atoms with Crippen LogP contribution in [0.15, 0.2) is 36.4 Å². The second-order valence-corrected chi connectivity index (χ2v) is 5.45. The summed E-state index contributed by atoms with van der Waals surface area (Å²) in [5.74, 6) is 0.927. The molecule has 3 rings (SSSR count). The van der Waals surface area contributed by atoms with E-state index >= 15 is 0 Å². The van der Waals surface area contributed by atoms with Gasteiger partial charge in [-0.05, 0) is 18.2 Å². The van der Waals surface area contributed by atoms with E-state index in [1.807, 2.05) is 12.1 Å². The van der Waals surface area contributed by atoms with Crippen LogP contribution in [0, 0.1) is 5.82 Å². The third-order valence-corrected chi connectivity index (χ3v) is 3.90. The zero-order chi connectivity index (χ0) is 15.0. The molecule has 2 N–H and O–H groups in total. The van der Waals surface area contributed by atoms with Crippen molar-refractivity contribution in [2.24, 2.45) is 5.73 Å². The Kier molecular flexibility index (Phi) is 3.74. The van der Waals surface area contributed by atoms with E-state index in [-0.39, 0.29) is 11.9 Å². The molecule has 3 nitrogen and oxygen atoms in total. The minimum Gasteiger partial charge on any atom is -0.497 e. The summed E-state index contributed by atoms with van der Waals surface area (Å²) < 4.78 is 25.1. The van der Waals surface area contributed by atoms with Gasteiger partial charge in [0.05, 0.1) is 7.11 Å². The fourth-order valence-corrected chi connectivity index (χ4v) is 2.72. The smallest absolute Gasteiger partial charge is 0.131 e. The number of halogens is 2. The SMILES string of the molecule is COc1ccc2c(c1)OC(c1ccc(Cl)cc1F)C[C@H]2N. The molecule has 0 radical (unpaired) electrons. The average Bonchev–Trinajstić information content (AvgIpc) is 2.46. The topological polar surface area (TPSA) is 44.5 Å². The lowest BCUT2D eigenvalue weighted by atomic mass is 9.93. The van der Waals surface area contributed by atoms with Crippen molar-refractivity contribution in [3.8, 4) is 11.5 Å². The maximum atomic E-state index is 14.1. The summed E-state index contributed by atoms with van der Waals surface area (Å²) in [6.07, 6.45) is 0.0783. The highest BCUT2D eigenvalue weighted by Gasteiger charge is 2.29. The number of hydrogen-bond acceptors (Lipinski definition) is 3. The first-order chi connectivity index (χ1) is 10.1. The molecule has 0 aromatic heterocycles. The lowest BCUT2D eigenvalue weighted by molar-refractivity contribution is 0.157. The minimum atomic E-state index is -0.433. The van der Waals surface area contributed by atoms with E-state index in [2.05, 4.69) is 0 Å². The number of nitrogens with two attached hydrogens (primary N) is 1. The predicted molar refractivity (Wildman–Crippen MR) is 79.3 cm³/mol. The third kappa shape index (κ3) is 2.69. The Hall–Kier alpha value is -1.78. The molecule has 1 aliphatic rings. The number of methoxy groups -OCH3 is 1. The largest absolute Gasteiger partial charge is 0.497 e. The Bertz CT molecular complexity index is 677. The van der Waals surface area contributed by atoms with Crippen LogP contribution in [0.3, 0.4) is 0 Å². The average molecular weight is 308 g/mol. The van der Waals surface area contributed by atoms with Crippen LogP contribution in [0.1, 0.15) is 29.7 Å². The van der Waals surface area contributed by atoms with Gasteiger partial charge in [-0.15, -0.1) is 0 Å². The zero-order valence-corrected chi connectivity index (χ0v) is 12.2. The van der Waals surface area contributed by atoms with E-state index in [4.69, 9.17) is 26.8 Å². The van der Waals surface area contributed by atoms with Crippen LogP contribution in [0.5, 0.6) is 11.5 Å². The van der Waals surface area contributed by atoms with Crippen molar-refractivity contribution in [3.05, 3.63) is 58.4 Å². The third-order valence-electron chi connectivity index (χ3n) is 3.67. The fourth-order valence-electron chi connectivity index (χ4n) is 2.56. The maximum Gasteiger partial charge on any atom is 0.131 e. The highest BCUT2D eigenvalue weighted by Crippen LogP contribution is 2.42. The molecule has 0 aliphatic carbocycles. The lowest BCUT2D eigenvalue weighted by Gasteiger charge is -2.31. The van der Waals surface area contributed by atoms with Crippen molar-refractivity contribution in [2.75, 3.05) is 7.11 Å². The molecule has 1 heterocycles. The van der Waals surface area contributed by atoms with Crippen molar-refractivity contribution in [1.29, 1.82) is 0 Å². The Labute approximate surface area is 127 Å². The number of ether oxygens (including phenoxy) is 2. The van der Waals surface area contributed by atoms with Crippen molar-refractivity contribution >= 4 is 11.6 Å². The molecule has 0 spiro atoms. The van der Waals surface area contributed by atoms with E-state index < -0.39 is 6.10 Å². The maximum absolute atomic E-state index is 14.1. The summed E-state index contributed by atoms with van der Waals surface area (Å²) in [5, 5.41) is 0.360. The van der Waals surface area contributed by atoms with E-state index in [0.717, 1.165) is 5.56 Å². The van der Waals surface area contributed by atoms with Crippen LogP contribution in [-0.4, -0.2) is 7.11 Å². The van der Waals surface area contributed by atoms with Crippen molar-refractivity contribution in [1.82, 2.24) is 0 Å². The van der Waals surface area contributed by atoms with Gasteiger partial charge < -0.3 is 15.2 Å². The highest BCUT2D eigenvalue weighted by atomic mass is 35.5. The molecule has 2 aromatic rings. The monoisotopic (exact) mass is 307 g/mol. The Balaban J connectivity index is 1.96. The van der Waals surface area contributed by atoms with E-state index in [0.29, 0.717) is 28.5 Å². The van der Waals surface area contributed by atoms with Crippen molar-refractivity contribution in [3.63, 3.8) is 0 Å². The quantitative estimate of drug-likeness (QED) is 0.911. The predicted octanol–water partition coefficient (Wildman–Crippen LogP) is 4.01. The molecule has 0 amide bonds. The summed E-state index contributed by atoms with van der Waals surface area (Å²) in [6, 6.07) is 9.86. The molecule has 21 heavy (non-hydrogen) atoms. The zero-order valence-electron chi connectivity index (χ0n) is 11.5. The van der Waals surface area contributed by atoms with Crippen LogP contribution in [-0.2, 0) is 0 Å². The molecular weight excluding hydrogens is 293 g/mol. The van der Waals surface area contributed by atoms with Crippen LogP contribution in [0.25, 0.3) is 0 Å². The van der Waals surface area contributed by atoms with Gasteiger partial charge in [-0.1, -0.05) is 23.7 Å². The van der Waals surface area contributed by atoms with Gasteiger partial charge in [-0.2, -0.15) is 0 Å². The van der Waals surface area contributed by atoms with E-state index in [1.54, 1.807) is 25.3 Å². The number of fused-ring (bicyclic) bond motifs is 1. The van der Waals surface area contributed by atoms with Gasteiger partial charge in [0.15, 0.2) is 0 Å². The summed E-state index contributed by atoms with van der Waals surface area (Å²) >= 11 is 5.78. The van der Waals surface area contributed by atoms with Crippen LogP contribution >= 0.6 is 11.6 Å². The van der Waals surface area contributed by atoms with Gasteiger partial charge in [-0.3, -0.25) is 0 Å². The van der Waals surface area contributed by atoms with E-state index in [9.17, 15) is 4.39 Å². The first kappa shape index (κ1) is 14.2. The standard InChI is InChI=1S/C16H15ClFNO2/c1-20-10-3-5-12-14(19)8-16(21-15(12)7-10)11-4-2-9(17)6-13(11)18/h2-7,14,16H,8,19H2,1H3/t14-,16?/m1/s1. The first-order valence-corrected chi connectivity index (χ1v) is 7.01. The summed E-state index contributed by atoms with van der Waals surface area (Å²) in [4.78, 5) is 0. The first-order valence-electron chi connectivity index (χ1n) is 6.63. The Morgan fingerprint density at radius 2 is 2.00 bits per heavy atom. The second-order valence-electron chi connectivity index (χ2n) is 5.02. The second kappa shape index (κ2) is 5.54. The number of rotatable bonds is 2. The molecule has 110 valence electrons. The van der Waals surface area contributed by atoms with Crippen molar-refractivity contribution in [2.45, 2.75) is 18.6 Å². The van der Waals surface area contributed by atoms with Gasteiger partial charge >= 0.3 is 0 Å².